The number of nitrogens with one attached hydrogen (secondary N) is 1. The minimum Gasteiger partial charge on any atom is -0.497 e. The zero-order valence-electron chi connectivity index (χ0n) is 13.9. The maximum absolute atomic E-state index is 12.4. The first-order valence-corrected chi connectivity index (χ1v) is 7.63. The molecule has 0 atom stereocenters. The Hall–Kier alpha value is -3.28. The number of hydrogen-bond acceptors (Lipinski definition) is 5. The zero-order valence-corrected chi connectivity index (χ0v) is 13.9. The molecule has 0 saturated heterocycles. The third-order valence-electron chi connectivity index (χ3n) is 3.82. The Balaban J connectivity index is 1.79. The van der Waals surface area contributed by atoms with Crippen LogP contribution in [0.25, 0.3) is 11.0 Å². The third kappa shape index (κ3) is 3.47. The van der Waals surface area contributed by atoms with Gasteiger partial charge < -0.3 is 19.2 Å². The summed E-state index contributed by atoms with van der Waals surface area (Å²) in [7, 11) is 2.88. The van der Waals surface area contributed by atoms with Gasteiger partial charge in [-0.05, 0) is 24.3 Å². The molecule has 0 radical (unpaired) electrons. The second-order valence-electron chi connectivity index (χ2n) is 5.39. The van der Waals surface area contributed by atoms with Crippen molar-refractivity contribution in [2.75, 3.05) is 19.5 Å². The van der Waals surface area contributed by atoms with Gasteiger partial charge in [0.15, 0.2) is 0 Å². The number of carbonyl (C=O) groups excluding carboxylic acids is 2. The number of hydrogen-bond donors (Lipinski definition) is 1. The van der Waals surface area contributed by atoms with E-state index < -0.39 is 5.97 Å². The van der Waals surface area contributed by atoms with E-state index in [9.17, 15) is 9.59 Å². The third-order valence-corrected chi connectivity index (χ3v) is 3.82. The van der Waals surface area contributed by atoms with Crippen molar-refractivity contribution in [3.8, 4) is 5.75 Å². The monoisotopic (exact) mass is 339 g/mol. The van der Waals surface area contributed by atoms with Crippen molar-refractivity contribution in [3.63, 3.8) is 0 Å². The summed E-state index contributed by atoms with van der Waals surface area (Å²) in [6, 6.07) is 12.1. The largest absolute Gasteiger partial charge is 0.497 e. The van der Waals surface area contributed by atoms with Gasteiger partial charge in [-0.15, -0.1) is 0 Å². The van der Waals surface area contributed by atoms with Crippen molar-refractivity contribution < 1.29 is 23.5 Å². The van der Waals surface area contributed by atoms with E-state index in [4.69, 9.17) is 13.9 Å². The summed E-state index contributed by atoms with van der Waals surface area (Å²) in [6.07, 6.45) is 1.67. The molecule has 0 aliphatic heterocycles. The van der Waals surface area contributed by atoms with Crippen LogP contribution in [0, 0.1) is 0 Å². The van der Waals surface area contributed by atoms with Crippen LogP contribution in [0.2, 0.25) is 0 Å². The summed E-state index contributed by atoms with van der Waals surface area (Å²) >= 11 is 0. The summed E-state index contributed by atoms with van der Waals surface area (Å²) in [5, 5.41) is 3.59. The van der Waals surface area contributed by atoms with E-state index in [0.29, 0.717) is 22.6 Å². The first-order chi connectivity index (χ1) is 12.1. The number of benzene rings is 2. The van der Waals surface area contributed by atoms with Crippen molar-refractivity contribution in [2.45, 2.75) is 6.42 Å². The number of para-hydroxylation sites is 1. The van der Waals surface area contributed by atoms with Crippen molar-refractivity contribution >= 4 is 28.5 Å². The number of anilines is 1. The molecule has 0 unspecified atom stereocenters. The van der Waals surface area contributed by atoms with Crippen LogP contribution >= 0.6 is 0 Å². The molecular formula is C19H17NO5. The number of furan rings is 1. The number of esters is 1. The summed E-state index contributed by atoms with van der Waals surface area (Å²) in [5.74, 6) is -0.0727. The standard InChI is InChI=1S/C19H17NO5/c1-23-13-7-8-14-12(11-25-17(14)10-13)9-18(21)20-16-6-4-3-5-15(16)19(22)24-2/h3-8,10-11H,9H2,1-2H3,(H,20,21). The molecule has 6 nitrogen and oxygen atoms in total. The Morgan fingerprint density at radius 3 is 2.68 bits per heavy atom. The average Bonchev–Trinajstić information content (AvgIpc) is 3.03. The molecule has 1 heterocycles. The molecule has 0 fully saturated rings. The van der Waals surface area contributed by atoms with E-state index in [1.165, 1.54) is 7.11 Å². The van der Waals surface area contributed by atoms with Crippen molar-refractivity contribution in [1.29, 1.82) is 0 Å². The van der Waals surface area contributed by atoms with Gasteiger partial charge in [0.1, 0.15) is 11.3 Å². The van der Waals surface area contributed by atoms with Gasteiger partial charge in [-0.3, -0.25) is 4.79 Å². The molecule has 0 aliphatic carbocycles. The molecular weight excluding hydrogens is 322 g/mol. The van der Waals surface area contributed by atoms with E-state index in [2.05, 4.69) is 5.32 Å². The van der Waals surface area contributed by atoms with Gasteiger partial charge in [0.2, 0.25) is 5.91 Å². The Morgan fingerprint density at radius 1 is 1.12 bits per heavy atom. The number of fused-ring (bicyclic) bond motifs is 1. The highest BCUT2D eigenvalue weighted by atomic mass is 16.5. The number of rotatable bonds is 5. The smallest absolute Gasteiger partial charge is 0.339 e. The molecule has 1 amide bonds. The number of carbonyl (C=O) groups is 2. The molecule has 6 heteroatoms. The Bertz CT molecular complexity index is 928. The van der Waals surface area contributed by atoms with Gasteiger partial charge in [0, 0.05) is 17.0 Å². The van der Waals surface area contributed by atoms with Crippen LogP contribution in [0.3, 0.4) is 0 Å². The number of amides is 1. The van der Waals surface area contributed by atoms with Gasteiger partial charge in [0.25, 0.3) is 0 Å². The van der Waals surface area contributed by atoms with Crippen LogP contribution in [-0.4, -0.2) is 26.1 Å². The second kappa shape index (κ2) is 7.09. The van der Waals surface area contributed by atoms with Crippen molar-refractivity contribution in [1.82, 2.24) is 0 Å². The lowest BCUT2D eigenvalue weighted by molar-refractivity contribution is -0.115. The molecule has 0 bridgehead atoms. The lowest BCUT2D eigenvalue weighted by Crippen LogP contribution is -2.17. The topological polar surface area (TPSA) is 77.8 Å². The first-order valence-electron chi connectivity index (χ1n) is 7.63. The molecule has 25 heavy (non-hydrogen) atoms. The Labute approximate surface area is 144 Å². The van der Waals surface area contributed by atoms with Gasteiger partial charge in [-0.2, -0.15) is 0 Å². The predicted molar refractivity (Wildman–Crippen MR) is 92.9 cm³/mol. The quantitative estimate of drug-likeness (QED) is 0.721. The van der Waals surface area contributed by atoms with Crippen LogP contribution in [0.4, 0.5) is 5.69 Å². The van der Waals surface area contributed by atoms with E-state index >= 15 is 0 Å². The highest BCUT2D eigenvalue weighted by Gasteiger charge is 2.15. The van der Waals surface area contributed by atoms with E-state index in [0.717, 1.165) is 10.9 Å². The molecule has 128 valence electrons. The fraction of sp³-hybridized carbons (Fsp3) is 0.158. The Kier molecular flexibility index (Phi) is 4.70. The second-order valence-corrected chi connectivity index (χ2v) is 5.39. The van der Waals surface area contributed by atoms with Gasteiger partial charge in [0.05, 0.1) is 38.2 Å². The molecule has 0 saturated carbocycles. The van der Waals surface area contributed by atoms with Crippen molar-refractivity contribution in [2.24, 2.45) is 0 Å². The zero-order chi connectivity index (χ0) is 17.8. The molecule has 1 N–H and O–H groups in total. The molecule has 2 aromatic carbocycles. The van der Waals surface area contributed by atoms with Gasteiger partial charge in [-0.25, -0.2) is 4.79 Å². The minimum atomic E-state index is -0.503. The number of ether oxygens (including phenoxy) is 2. The highest BCUT2D eigenvalue weighted by molar-refractivity contribution is 6.02. The van der Waals surface area contributed by atoms with Crippen LogP contribution in [0.1, 0.15) is 15.9 Å². The normalized spacial score (nSPS) is 10.5. The van der Waals surface area contributed by atoms with E-state index in [1.807, 2.05) is 12.1 Å². The van der Waals surface area contributed by atoms with E-state index in [1.54, 1.807) is 43.7 Å². The summed E-state index contributed by atoms with van der Waals surface area (Å²) < 4.78 is 15.4. The molecule has 0 spiro atoms. The SMILES string of the molecule is COC(=O)c1ccccc1NC(=O)Cc1coc2cc(OC)ccc12. The summed E-state index contributed by atoms with van der Waals surface area (Å²) in [6.45, 7) is 0. The first kappa shape index (κ1) is 16.6. The molecule has 1 aromatic heterocycles. The Morgan fingerprint density at radius 2 is 1.92 bits per heavy atom. The van der Waals surface area contributed by atoms with Crippen molar-refractivity contribution in [3.05, 3.63) is 59.9 Å². The van der Waals surface area contributed by atoms with Crippen LogP contribution in [-0.2, 0) is 16.0 Å². The fourth-order valence-corrected chi connectivity index (χ4v) is 2.57. The van der Waals surface area contributed by atoms with Gasteiger partial charge in [-0.1, -0.05) is 12.1 Å². The highest BCUT2D eigenvalue weighted by Crippen LogP contribution is 2.26. The molecule has 0 aliphatic rings. The number of methoxy groups -OCH3 is 2. The maximum Gasteiger partial charge on any atom is 0.339 e. The average molecular weight is 339 g/mol. The summed E-state index contributed by atoms with van der Waals surface area (Å²) in [5.41, 5.74) is 2.12. The van der Waals surface area contributed by atoms with Gasteiger partial charge >= 0.3 is 5.97 Å². The van der Waals surface area contributed by atoms with Crippen LogP contribution < -0.4 is 10.1 Å². The summed E-state index contributed by atoms with van der Waals surface area (Å²) in [4.78, 5) is 24.1. The minimum absolute atomic E-state index is 0.120. The molecule has 3 aromatic rings. The fourth-order valence-electron chi connectivity index (χ4n) is 2.57. The van der Waals surface area contributed by atoms with Crippen LogP contribution in [0.15, 0.2) is 53.1 Å². The lowest BCUT2D eigenvalue weighted by atomic mass is 10.1. The van der Waals surface area contributed by atoms with E-state index in [-0.39, 0.29) is 12.3 Å². The predicted octanol–water partition coefficient (Wildman–Crippen LogP) is 3.41. The lowest BCUT2D eigenvalue weighted by Gasteiger charge is -2.09. The maximum atomic E-state index is 12.4. The molecule has 3 rings (SSSR count). The van der Waals surface area contributed by atoms with Crippen LogP contribution in [0.5, 0.6) is 5.75 Å².